The summed E-state index contributed by atoms with van der Waals surface area (Å²) >= 11 is 0. The van der Waals surface area contributed by atoms with Gasteiger partial charge in [0.25, 0.3) is 5.56 Å². The number of rotatable bonds is 11. The predicted molar refractivity (Wildman–Crippen MR) is 185 cm³/mol. The standard InChI is InChI=1S/C39H43F6N3O4/c1-8-24-16-27(34-22(6)14-26(40)15-23(34)7)37(42)35(36(24)41)30(18-33(50)51)46-38(52)31(13-20(2)3)48-19-28(29(17-32(48)49)39(43,44)45)25-9-11-47(12-10-25)21(4)5/h1,14-17,19-21,25,30-31H,9-13,18H2,2-7H3,(H,46,52)(H,50,51)/t30-,31+/m0/s1. The van der Waals surface area contributed by atoms with Crippen LogP contribution >= 0.6 is 0 Å². The Kier molecular flexibility index (Phi) is 12.4. The third kappa shape index (κ3) is 8.72. The fraction of sp³-hybridized carbons (Fsp3) is 0.462. The zero-order valence-corrected chi connectivity index (χ0v) is 29.9. The SMILES string of the molecule is C#Cc1cc(-c2c(C)cc(F)cc2C)c(F)c([C@H](CC(=O)O)NC(=O)[C@@H](CC(C)C)n2cc(C3CCN(C(C)C)CC3)c(C(F)(F)F)cc2=O)c1F. The smallest absolute Gasteiger partial charge is 0.416 e. The molecule has 2 heterocycles. The number of likely N-dealkylation sites (tertiary alicyclic amines) is 1. The van der Waals surface area contributed by atoms with E-state index in [1.807, 2.05) is 13.8 Å². The Labute approximate surface area is 299 Å². The molecule has 52 heavy (non-hydrogen) atoms. The Hall–Kier alpha value is -4.57. The number of piperidine rings is 1. The number of amides is 1. The van der Waals surface area contributed by atoms with Crippen LogP contribution in [0.3, 0.4) is 0 Å². The van der Waals surface area contributed by atoms with Crippen molar-refractivity contribution in [2.45, 2.75) is 97.4 Å². The Bertz CT molecular complexity index is 1910. The third-order valence-electron chi connectivity index (χ3n) is 9.65. The van der Waals surface area contributed by atoms with Crippen molar-refractivity contribution in [2.75, 3.05) is 13.1 Å². The molecule has 13 heteroatoms. The molecule has 0 spiro atoms. The summed E-state index contributed by atoms with van der Waals surface area (Å²) in [6.07, 6.45) is 1.39. The molecule has 1 saturated heterocycles. The van der Waals surface area contributed by atoms with Crippen molar-refractivity contribution in [3.63, 3.8) is 0 Å². The number of carbonyl (C=O) groups excluding carboxylic acids is 1. The van der Waals surface area contributed by atoms with E-state index in [4.69, 9.17) is 6.42 Å². The van der Waals surface area contributed by atoms with E-state index in [2.05, 4.69) is 16.1 Å². The van der Waals surface area contributed by atoms with Gasteiger partial charge in [0.15, 0.2) is 0 Å². The number of alkyl halides is 3. The maximum atomic E-state index is 16.5. The molecule has 3 aromatic rings. The molecule has 1 aliphatic rings. The van der Waals surface area contributed by atoms with Crippen LogP contribution in [0.1, 0.15) is 105 Å². The number of carboxylic acids is 1. The van der Waals surface area contributed by atoms with E-state index in [-0.39, 0.29) is 46.2 Å². The number of carboxylic acid groups (broad SMARTS) is 1. The van der Waals surface area contributed by atoms with Gasteiger partial charge in [-0.25, -0.2) is 13.2 Å². The van der Waals surface area contributed by atoms with Crippen molar-refractivity contribution in [3.8, 4) is 23.5 Å². The molecule has 1 fully saturated rings. The molecule has 2 atom stereocenters. The van der Waals surface area contributed by atoms with Gasteiger partial charge in [-0.15, -0.1) is 6.42 Å². The second kappa shape index (κ2) is 16.0. The van der Waals surface area contributed by atoms with Crippen LogP contribution in [0.4, 0.5) is 26.3 Å². The second-order valence-corrected chi connectivity index (χ2v) is 14.2. The van der Waals surface area contributed by atoms with Crippen molar-refractivity contribution in [3.05, 3.63) is 91.6 Å². The fourth-order valence-corrected chi connectivity index (χ4v) is 7.15. The van der Waals surface area contributed by atoms with Crippen molar-refractivity contribution in [1.82, 2.24) is 14.8 Å². The van der Waals surface area contributed by atoms with Gasteiger partial charge in [-0.3, -0.25) is 14.4 Å². The number of aryl methyl sites for hydroxylation is 2. The highest BCUT2D eigenvalue weighted by Gasteiger charge is 2.39. The highest BCUT2D eigenvalue weighted by Crippen LogP contribution is 2.40. The summed E-state index contributed by atoms with van der Waals surface area (Å²) in [6.45, 7) is 11.4. The van der Waals surface area contributed by atoms with Gasteiger partial charge in [0.1, 0.15) is 23.5 Å². The topological polar surface area (TPSA) is 91.6 Å². The highest BCUT2D eigenvalue weighted by atomic mass is 19.4. The molecule has 0 bridgehead atoms. The van der Waals surface area contributed by atoms with Crippen molar-refractivity contribution >= 4 is 11.9 Å². The molecule has 1 aromatic heterocycles. The number of hydrogen-bond acceptors (Lipinski definition) is 4. The molecule has 0 aliphatic carbocycles. The molecule has 0 radical (unpaired) electrons. The average Bonchev–Trinajstić information content (AvgIpc) is 3.03. The zero-order valence-electron chi connectivity index (χ0n) is 29.9. The van der Waals surface area contributed by atoms with Crippen molar-refractivity contribution < 1.29 is 41.0 Å². The maximum Gasteiger partial charge on any atom is 0.416 e. The van der Waals surface area contributed by atoms with Gasteiger partial charge in [0.05, 0.1) is 23.6 Å². The molecule has 2 N–H and O–H groups in total. The normalized spacial score (nSPS) is 15.5. The van der Waals surface area contributed by atoms with Gasteiger partial charge in [-0.2, -0.15) is 13.2 Å². The summed E-state index contributed by atoms with van der Waals surface area (Å²) in [7, 11) is 0. The maximum absolute atomic E-state index is 16.5. The quantitative estimate of drug-likeness (QED) is 0.154. The first-order valence-corrected chi connectivity index (χ1v) is 17.1. The number of halogens is 6. The summed E-state index contributed by atoms with van der Waals surface area (Å²) < 4.78 is 90.6. The number of nitrogens with zero attached hydrogens (tertiary/aromatic N) is 2. The van der Waals surface area contributed by atoms with Crippen molar-refractivity contribution in [1.29, 1.82) is 0 Å². The van der Waals surface area contributed by atoms with Gasteiger partial charge in [-0.1, -0.05) is 19.8 Å². The largest absolute Gasteiger partial charge is 0.481 e. The Morgan fingerprint density at radius 1 is 1.00 bits per heavy atom. The van der Waals surface area contributed by atoms with Crippen LogP contribution in [0.2, 0.25) is 0 Å². The van der Waals surface area contributed by atoms with Gasteiger partial charge >= 0.3 is 12.1 Å². The fourth-order valence-electron chi connectivity index (χ4n) is 7.15. The monoisotopic (exact) mass is 731 g/mol. The number of aromatic nitrogens is 1. The Morgan fingerprint density at radius 2 is 1.60 bits per heavy atom. The number of aliphatic carboxylic acids is 1. The molecule has 2 aromatic carbocycles. The minimum Gasteiger partial charge on any atom is -0.481 e. The lowest BCUT2D eigenvalue weighted by atomic mass is 9.86. The lowest BCUT2D eigenvalue weighted by Gasteiger charge is -2.36. The molecule has 1 amide bonds. The van der Waals surface area contributed by atoms with Crippen LogP contribution in [-0.2, 0) is 15.8 Å². The Morgan fingerprint density at radius 3 is 2.10 bits per heavy atom. The average molecular weight is 732 g/mol. The van der Waals surface area contributed by atoms with Gasteiger partial charge in [0.2, 0.25) is 5.91 Å². The first-order valence-electron chi connectivity index (χ1n) is 17.1. The van der Waals surface area contributed by atoms with Crippen LogP contribution in [0.15, 0.2) is 35.3 Å². The number of pyridine rings is 1. The summed E-state index contributed by atoms with van der Waals surface area (Å²) in [5.41, 5.74) is -3.21. The number of nitrogens with one attached hydrogen (secondary N) is 1. The molecular weight excluding hydrogens is 688 g/mol. The molecule has 4 rings (SSSR count). The summed E-state index contributed by atoms with van der Waals surface area (Å²) in [6, 6.07) is 0.604. The first-order chi connectivity index (χ1) is 24.2. The predicted octanol–water partition coefficient (Wildman–Crippen LogP) is 8.06. The van der Waals surface area contributed by atoms with E-state index < -0.39 is 82.2 Å². The van der Waals surface area contributed by atoms with Gasteiger partial charge in [-0.05, 0) is 112 Å². The lowest BCUT2D eigenvalue weighted by Crippen LogP contribution is -2.41. The summed E-state index contributed by atoms with van der Waals surface area (Å²) in [5, 5.41) is 12.2. The number of terminal acetylenes is 1. The van der Waals surface area contributed by atoms with Crippen LogP contribution in [-0.4, -0.2) is 45.6 Å². The number of hydrogen-bond donors (Lipinski definition) is 2. The Balaban J connectivity index is 1.86. The summed E-state index contributed by atoms with van der Waals surface area (Å²) in [4.78, 5) is 41.8. The zero-order chi connectivity index (χ0) is 38.8. The third-order valence-corrected chi connectivity index (χ3v) is 9.65. The molecule has 0 saturated carbocycles. The minimum atomic E-state index is -4.86. The first kappa shape index (κ1) is 40.2. The molecular formula is C39H43F6N3O4. The number of benzene rings is 2. The van der Waals surface area contributed by atoms with E-state index in [1.54, 1.807) is 13.8 Å². The number of carbonyl (C=O) groups is 2. The van der Waals surface area contributed by atoms with E-state index in [0.29, 0.717) is 32.0 Å². The highest BCUT2D eigenvalue weighted by molar-refractivity contribution is 5.82. The van der Waals surface area contributed by atoms with Gasteiger partial charge in [0, 0.05) is 29.4 Å². The molecule has 7 nitrogen and oxygen atoms in total. The molecule has 0 unspecified atom stereocenters. The van der Waals surface area contributed by atoms with E-state index in [0.717, 1.165) is 29.0 Å². The lowest BCUT2D eigenvalue weighted by molar-refractivity contribution is -0.139. The van der Waals surface area contributed by atoms with E-state index in [1.165, 1.54) is 13.8 Å². The second-order valence-electron chi connectivity index (χ2n) is 14.2. The van der Waals surface area contributed by atoms with Crippen molar-refractivity contribution in [2.24, 2.45) is 5.92 Å². The van der Waals surface area contributed by atoms with Gasteiger partial charge < -0.3 is 19.9 Å². The molecule has 280 valence electrons. The van der Waals surface area contributed by atoms with E-state index >= 15 is 8.78 Å². The summed E-state index contributed by atoms with van der Waals surface area (Å²) in [5.74, 6) is -4.52. The van der Waals surface area contributed by atoms with E-state index in [9.17, 15) is 37.1 Å². The molecule has 1 aliphatic heterocycles. The van der Waals surface area contributed by atoms with Crippen LogP contribution in [0.5, 0.6) is 0 Å². The van der Waals surface area contributed by atoms with Crippen LogP contribution in [0.25, 0.3) is 11.1 Å². The van der Waals surface area contributed by atoms with Crippen LogP contribution in [0, 0.1) is 49.6 Å². The minimum absolute atomic E-state index is 0.0866. The van der Waals surface area contributed by atoms with Crippen LogP contribution < -0.4 is 10.9 Å².